The summed E-state index contributed by atoms with van der Waals surface area (Å²) in [5.74, 6) is -0.266. The molecule has 1 amide bonds. The number of hydrogen-bond acceptors (Lipinski definition) is 5. The van der Waals surface area contributed by atoms with Crippen LogP contribution in [0.4, 0.5) is 0 Å². The summed E-state index contributed by atoms with van der Waals surface area (Å²) in [6.45, 7) is 5.99. The van der Waals surface area contributed by atoms with Crippen LogP contribution >= 0.6 is 11.3 Å². The third kappa shape index (κ3) is 4.45. The Morgan fingerprint density at radius 2 is 1.80 bits per heavy atom. The normalized spacial score (nSPS) is 11.7. The van der Waals surface area contributed by atoms with Crippen LogP contribution in [0.1, 0.15) is 32.1 Å². The topological polar surface area (TPSA) is 79.4 Å². The average Bonchev–Trinajstić information content (AvgIpc) is 3.07. The molecule has 2 aromatic carbocycles. The highest BCUT2D eigenvalue weighted by molar-refractivity contribution is 7.89. The molecule has 30 heavy (non-hydrogen) atoms. The number of carbonyl (C=O) groups excluding carboxylic acids is 1. The van der Waals surface area contributed by atoms with Gasteiger partial charge in [-0.05, 0) is 38.0 Å². The maximum Gasteiger partial charge on any atom is 0.263 e. The Morgan fingerprint density at radius 1 is 1.10 bits per heavy atom. The van der Waals surface area contributed by atoms with Gasteiger partial charge in [0.1, 0.15) is 9.88 Å². The van der Waals surface area contributed by atoms with Gasteiger partial charge in [0.05, 0.1) is 10.6 Å². The number of aryl methyl sites for hydroxylation is 3. The summed E-state index contributed by atoms with van der Waals surface area (Å²) in [7, 11) is -0.624. The first kappa shape index (κ1) is 22.1. The van der Waals surface area contributed by atoms with Crippen LogP contribution in [0, 0.1) is 20.8 Å². The molecular formula is C22H25N3O3S2. The van der Waals surface area contributed by atoms with E-state index in [4.69, 9.17) is 0 Å². The van der Waals surface area contributed by atoms with Crippen LogP contribution in [0.15, 0.2) is 47.4 Å². The van der Waals surface area contributed by atoms with Crippen molar-refractivity contribution in [1.29, 1.82) is 0 Å². The summed E-state index contributed by atoms with van der Waals surface area (Å²) >= 11 is 1.34. The molecule has 0 radical (unpaired) electrons. The van der Waals surface area contributed by atoms with Gasteiger partial charge in [0, 0.05) is 26.2 Å². The molecule has 0 fully saturated rings. The molecule has 0 atom stereocenters. The van der Waals surface area contributed by atoms with E-state index in [9.17, 15) is 13.2 Å². The number of nitrogens with one attached hydrogen (secondary N) is 1. The van der Waals surface area contributed by atoms with Gasteiger partial charge in [0.25, 0.3) is 5.91 Å². The predicted octanol–water partition coefficient (Wildman–Crippen LogP) is 3.92. The second kappa shape index (κ2) is 8.67. The van der Waals surface area contributed by atoms with Gasteiger partial charge in [-0.1, -0.05) is 42.0 Å². The van der Waals surface area contributed by atoms with E-state index in [1.165, 1.54) is 31.0 Å². The number of nitrogens with zero attached hydrogens (tertiary/aromatic N) is 2. The lowest BCUT2D eigenvalue weighted by molar-refractivity contribution is 0.0954. The smallest absolute Gasteiger partial charge is 0.263 e. The minimum atomic E-state index is -3.60. The van der Waals surface area contributed by atoms with E-state index in [2.05, 4.69) is 16.4 Å². The lowest BCUT2D eigenvalue weighted by Gasteiger charge is -2.15. The SMILES string of the molecule is Cc1ccc(-c2nc(C)c(C(=O)NCc3ccccc3S(=O)(=O)N(C)C)s2)c(C)c1. The van der Waals surface area contributed by atoms with Crippen molar-refractivity contribution in [3.63, 3.8) is 0 Å². The van der Waals surface area contributed by atoms with Crippen molar-refractivity contribution >= 4 is 27.3 Å². The van der Waals surface area contributed by atoms with E-state index in [1.807, 2.05) is 32.9 Å². The van der Waals surface area contributed by atoms with Gasteiger partial charge < -0.3 is 5.32 Å². The zero-order chi connectivity index (χ0) is 22.1. The molecule has 0 aliphatic rings. The summed E-state index contributed by atoms with van der Waals surface area (Å²) in [4.78, 5) is 18.1. The fourth-order valence-electron chi connectivity index (χ4n) is 3.13. The molecule has 0 spiro atoms. The van der Waals surface area contributed by atoms with E-state index >= 15 is 0 Å². The summed E-state index contributed by atoms with van der Waals surface area (Å²) in [5.41, 5.74) is 4.49. The summed E-state index contributed by atoms with van der Waals surface area (Å²) in [5, 5.41) is 3.64. The number of sulfonamides is 1. The molecule has 0 aliphatic heterocycles. The first-order chi connectivity index (χ1) is 14.1. The van der Waals surface area contributed by atoms with E-state index in [0.717, 1.165) is 20.4 Å². The van der Waals surface area contributed by atoms with Crippen molar-refractivity contribution in [3.8, 4) is 10.6 Å². The van der Waals surface area contributed by atoms with E-state index < -0.39 is 10.0 Å². The third-order valence-corrected chi connectivity index (χ3v) is 7.89. The molecule has 3 rings (SSSR count). The standard InChI is InChI=1S/C22H25N3O3S2/c1-14-10-11-18(15(2)12-14)22-24-16(3)20(29-22)21(26)23-13-17-8-6-7-9-19(17)30(27,28)25(4)5/h6-12H,13H2,1-5H3,(H,23,26). The fraction of sp³-hybridized carbons (Fsp3) is 0.273. The zero-order valence-corrected chi connectivity index (χ0v) is 19.3. The highest BCUT2D eigenvalue weighted by Crippen LogP contribution is 2.30. The Bertz CT molecular complexity index is 1200. The molecule has 1 heterocycles. The van der Waals surface area contributed by atoms with Crippen molar-refractivity contribution in [2.24, 2.45) is 0 Å². The Kier molecular flexibility index (Phi) is 6.40. The molecule has 1 N–H and O–H groups in total. The van der Waals surface area contributed by atoms with E-state index in [1.54, 1.807) is 24.3 Å². The van der Waals surface area contributed by atoms with Crippen LogP contribution in [0.2, 0.25) is 0 Å². The van der Waals surface area contributed by atoms with Crippen LogP contribution in [-0.2, 0) is 16.6 Å². The van der Waals surface area contributed by atoms with Crippen LogP contribution in [0.3, 0.4) is 0 Å². The minimum absolute atomic E-state index is 0.109. The largest absolute Gasteiger partial charge is 0.347 e. The number of amides is 1. The van der Waals surface area contributed by atoms with Crippen LogP contribution in [0.25, 0.3) is 10.6 Å². The maximum atomic E-state index is 12.8. The quantitative estimate of drug-likeness (QED) is 0.626. The van der Waals surface area contributed by atoms with Gasteiger partial charge in [0.2, 0.25) is 10.0 Å². The van der Waals surface area contributed by atoms with Crippen molar-refractivity contribution < 1.29 is 13.2 Å². The van der Waals surface area contributed by atoms with Crippen LogP contribution in [-0.4, -0.2) is 37.7 Å². The number of thiazole rings is 1. The first-order valence-corrected chi connectivity index (χ1v) is 11.7. The summed E-state index contributed by atoms with van der Waals surface area (Å²) in [6.07, 6.45) is 0. The van der Waals surface area contributed by atoms with Gasteiger partial charge >= 0.3 is 0 Å². The second-order valence-electron chi connectivity index (χ2n) is 7.33. The minimum Gasteiger partial charge on any atom is -0.347 e. The molecule has 8 heteroatoms. The van der Waals surface area contributed by atoms with Crippen LogP contribution in [0.5, 0.6) is 0 Å². The number of hydrogen-bond donors (Lipinski definition) is 1. The summed E-state index contributed by atoms with van der Waals surface area (Å²) < 4.78 is 26.2. The molecule has 6 nitrogen and oxygen atoms in total. The van der Waals surface area contributed by atoms with E-state index in [0.29, 0.717) is 16.1 Å². The van der Waals surface area contributed by atoms with Crippen molar-refractivity contribution in [2.75, 3.05) is 14.1 Å². The summed E-state index contributed by atoms with van der Waals surface area (Å²) in [6, 6.07) is 12.8. The van der Waals surface area contributed by atoms with Gasteiger partial charge in [-0.2, -0.15) is 0 Å². The zero-order valence-electron chi connectivity index (χ0n) is 17.7. The molecule has 0 aliphatic carbocycles. The molecule has 158 valence electrons. The Labute approximate surface area is 181 Å². The number of carbonyl (C=O) groups is 1. The van der Waals surface area contributed by atoms with Gasteiger partial charge in [0.15, 0.2) is 0 Å². The Balaban J connectivity index is 1.83. The average molecular weight is 444 g/mol. The van der Waals surface area contributed by atoms with Crippen molar-refractivity contribution in [3.05, 3.63) is 69.7 Å². The Morgan fingerprint density at radius 3 is 2.47 bits per heavy atom. The lowest BCUT2D eigenvalue weighted by atomic mass is 10.1. The molecule has 0 saturated heterocycles. The van der Waals surface area contributed by atoms with E-state index in [-0.39, 0.29) is 17.3 Å². The molecule has 1 aromatic heterocycles. The fourth-order valence-corrected chi connectivity index (χ4v) is 5.32. The predicted molar refractivity (Wildman–Crippen MR) is 120 cm³/mol. The Hall–Kier alpha value is -2.55. The molecule has 0 saturated carbocycles. The molecule has 0 unspecified atom stereocenters. The highest BCUT2D eigenvalue weighted by Gasteiger charge is 2.22. The first-order valence-electron chi connectivity index (χ1n) is 9.45. The highest BCUT2D eigenvalue weighted by atomic mass is 32.2. The third-order valence-electron chi connectivity index (χ3n) is 4.79. The van der Waals surface area contributed by atoms with Gasteiger partial charge in [-0.15, -0.1) is 11.3 Å². The van der Waals surface area contributed by atoms with Gasteiger partial charge in [-0.3, -0.25) is 4.79 Å². The monoisotopic (exact) mass is 443 g/mol. The number of aromatic nitrogens is 1. The molecule has 0 bridgehead atoms. The van der Waals surface area contributed by atoms with Gasteiger partial charge in [-0.25, -0.2) is 17.7 Å². The maximum absolute atomic E-state index is 12.8. The van der Waals surface area contributed by atoms with Crippen molar-refractivity contribution in [2.45, 2.75) is 32.2 Å². The second-order valence-corrected chi connectivity index (χ2v) is 10.4. The van der Waals surface area contributed by atoms with Crippen molar-refractivity contribution in [1.82, 2.24) is 14.6 Å². The number of benzene rings is 2. The van der Waals surface area contributed by atoms with Crippen LogP contribution < -0.4 is 5.32 Å². The molecule has 3 aromatic rings. The number of rotatable bonds is 6. The molecular weight excluding hydrogens is 418 g/mol. The lowest BCUT2D eigenvalue weighted by Crippen LogP contribution is -2.27.